The van der Waals surface area contributed by atoms with Crippen molar-refractivity contribution in [2.45, 2.75) is 45.1 Å². The minimum atomic E-state index is -0.330. The normalized spacial score (nSPS) is 16.8. The summed E-state index contributed by atoms with van der Waals surface area (Å²) in [6.45, 7) is 3.28. The molecule has 0 aliphatic heterocycles. The van der Waals surface area contributed by atoms with Crippen LogP contribution in [0.25, 0.3) is 0 Å². The zero-order valence-electron chi connectivity index (χ0n) is 10.9. The molecule has 1 atom stereocenters. The third-order valence-corrected chi connectivity index (χ3v) is 3.87. The highest BCUT2D eigenvalue weighted by molar-refractivity contribution is 6.30. The lowest BCUT2D eigenvalue weighted by atomic mass is 10.0. The smallest absolute Gasteiger partial charge is 0.141 e. The molecule has 0 bridgehead atoms. The molecule has 1 aliphatic carbocycles. The minimum absolute atomic E-state index is 0.233. The van der Waals surface area contributed by atoms with Crippen LogP contribution in [0.5, 0.6) is 0 Å². The Hall–Kier alpha value is -0.600. The number of hydrogen-bond donors (Lipinski definition) is 1. The molecule has 0 spiro atoms. The topological polar surface area (TPSA) is 12.0 Å². The average molecular weight is 270 g/mol. The Morgan fingerprint density at radius 3 is 2.83 bits per heavy atom. The van der Waals surface area contributed by atoms with Gasteiger partial charge in [0.05, 0.1) is 5.02 Å². The first kappa shape index (κ1) is 13.8. The Bertz CT molecular complexity index is 390. The third-order valence-electron chi connectivity index (χ3n) is 3.58. The zero-order chi connectivity index (χ0) is 13.0. The van der Waals surface area contributed by atoms with Crippen LogP contribution in [0, 0.1) is 11.7 Å². The van der Waals surface area contributed by atoms with Crippen molar-refractivity contribution in [3.8, 4) is 0 Å². The lowest BCUT2D eigenvalue weighted by molar-refractivity contribution is 0.435. The lowest BCUT2D eigenvalue weighted by Crippen LogP contribution is -2.32. The summed E-state index contributed by atoms with van der Waals surface area (Å²) in [5.41, 5.74) is 1.13. The van der Waals surface area contributed by atoms with Crippen LogP contribution in [0.1, 0.15) is 38.2 Å². The summed E-state index contributed by atoms with van der Waals surface area (Å²) in [6.07, 6.45) is 5.97. The number of nitrogens with one attached hydrogen (secondary N) is 1. The fraction of sp³-hybridized carbons (Fsp3) is 0.600. The summed E-state index contributed by atoms with van der Waals surface area (Å²) in [5, 5.41) is 3.85. The molecule has 1 aromatic rings. The molecule has 1 nitrogen and oxygen atoms in total. The van der Waals surface area contributed by atoms with Gasteiger partial charge in [0, 0.05) is 6.04 Å². The third kappa shape index (κ3) is 3.96. The average Bonchev–Trinajstić information content (AvgIpc) is 3.18. The maximum atomic E-state index is 13.1. The molecular weight excluding hydrogens is 249 g/mol. The molecule has 0 aromatic heterocycles. The van der Waals surface area contributed by atoms with Crippen LogP contribution in [0.15, 0.2) is 18.2 Å². The number of rotatable bonds is 7. The van der Waals surface area contributed by atoms with Gasteiger partial charge < -0.3 is 5.32 Å². The van der Waals surface area contributed by atoms with Gasteiger partial charge in [0.1, 0.15) is 5.82 Å². The van der Waals surface area contributed by atoms with Crippen molar-refractivity contribution in [1.82, 2.24) is 5.32 Å². The van der Waals surface area contributed by atoms with Crippen LogP contribution in [0.4, 0.5) is 4.39 Å². The summed E-state index contributed by atoms with van der Waals surface area (Å²) in [5.74, 6) is 0.524. The second-order valence-electron chi connectivity index (χ2n) is 5.19. The van der Waals surface area contributed by atoms with Crippen molar-refractivity contribution in [3.05, 3.63) is 34.6 Å². The molecule has 1 unspecified atom stereocenters. The maximum Gasteiger partial charge on any atom is 0.141 e. The summed E-state index contributed by atoms with van der Waals surface area (Å²) in [7, 11) is 0. The fourth-order valence-electron chi connectivity index (χ4n) is 2.35. The Kier molecular flexibility index (Phi) is 5.02. The molecule has 0 heterocycles. The van der Waals surface area contributed by atoms with Crippen LogP contribution < -0.4 is 5.32 Å². The predicted octanol–water partition coefficient (Wildman–Crippen LogP) is 4.19. The lowest BCUT2D eigenvalue weighted by Gasteiger charge is -2.17. The molecular formula is C15H21ClFN. The summed E-state index contributed by atoms with van der Waals surface area (Å²) < 4.78 is 13.1. The van der Waals surface area contributed by atoms with Gasteiger partial charge in [-0.15, -0.1) is 0 Å². The van der Waals surface area contributed by atoms with Crippen LogP contribution >= 0.6 is 11.6 Å². The second-order valence-corrected chi connectivity index (χ2v) is 5.59. The van der Waals surface area contributed by atoms with E-state index < -0.39 is 0 Å². The highest BCUT2D eigenvalue weighted by Crippen LogP contribution is 2.34. The van der Waals surface area contributed by atoms with Gasteiger partial charge in [-0.2, -0.15) is 0 Å². The van der Waals surface area contributed by atoms with E-state index in [1.165, 1.54) is 25.3 Å². The van der Waals surface area contributed by atoms with E-state index >= 15 is 0 Å². The first-order valence-electron chi connectivity index (χ1n) is 6.88. The molecule has 1 aromatic carbocycles. The van der Waals surface area contributed by atoms with Crippen LogP contribution in [-0.4, -0.2) is 12.6 Å². The summed E-state index contributed by atoms with van der Waals surface area (Å²) in [4.78, 5) is 0. The molecule has 0 saturated heterocycles. The van der Waals surface area contributed by atoms with E-state index in [9.17, 15) is 4.39 Å². The Balaban J connectivity index is 1.86. The molecule has 2 rings (SSSR count). The maximum absolute atomic E-state index is 13.1. The van der Waals surface area contributed by atoms with Gasteiger partial charge in [-0.1, -0.05) is 24.6 Å². The molecule has 0 amide bonds. The van der Waals surface area contributed by atoms with E-state index in [4.69, 9.17) is 11.6 Å². The van der Waals surface area contributed by atoms with E-state index in [2.05, 4.69) is 12.2 Å². The Morgan fingerprint density at radius 1 is 1.44 bits per heavy atom. The van der Waals surface area contributed by atoms with Crippen LogP contribution in [0.3, 0.4) is 0 Å². The minimum Gasteiger partial charge on any atom is -0.314 e. The van der Waals surface area contributed by atoms with Gasteiger partial charge in [0.2, 0.25) is 0 Å². The first-order chi connectivity index (χ1) is 8.70. The molecule has 100 valence electrons. The Labute approximate surface area is 114 Å². The predicted molar refractivity (Wildman–Crippen MR) is 74.5 cm³/mol. The van der Waals surface area contributed by atoms with Crippen molar-refractivity contribution >= 4 is 11.6 Å². The van der Waals surface area contributed by atoms with E-state index in [0.717, 1.165) is 30.9 Å². The Morgan fingerprint density at radius 2 is 2.22 bits per heavy atom. The van der Waals surface area contributed by atoms with Crippen molar-refractivity contribution in [1.29, 1.82) is 0 Å². The molecule has 1 fully saturated rings. The van der Waals surface area contributed by atoms with E-state index in [0.29, 0.717) is 6.04 Å². The number of halogens is 2. The quantitative estimate of drug-likeness (QED) is 0.783. The van der Waals surface area contributed by atoms with E-state index in [-0.39, 0.29) is 10.8 Å². The number of hydrogen-bond acceptors (Lipinski definition) is 1. The molecule has 1 saturated carbocycles. The SMILES string of the molecule is CCCNC(CCc1ccc(F)c(Cl)c1)C1CC1. The van der Waals surface area contributed by atoms with Crippen LogP contribution in [0.2, 0.25) is 5.02 Å². The van der Waals surface area contributed by atoms with E-state index in [1.54, 1.807) is 6.07 Å². The van der Waals surface area contributed by atoms with Gasteiger partial charge in [0.15, 0.2) is 0 Å². The van der Waals surface area contributed by atoms with E-state index in [1.807, 2.05) is 6.07 Å². The highest BCUT2D eigenvalue weighted by atomic mass is 35.5. The standard InChI is InChI=1S/C15H21ClFN/c1-2-9-18-15(12-5-6-12)8-4-11-3-7-14(17)13(16)10-11/h3,7,10,12,15,18H,2,4-6,8-9H2,1H3. The van der Waals surface area contributed by atoms with Crippen molar-refractivity contribution in [2.75, 3.05) is 6.54 Å². The van der Waals surface area contributed by atoms with Crippen molar-refractivity contribution < 1.29 is 4.39 Å². The first-order valence-corrected chi connectivity index (χ1v) is 7.25. The van der Waals surface area contributed by atoms with Crippen molar-refractivity contribution in [3.63, 3.8) is 0 Å². The van der Waals surface area contributed by atoms with Gasteiger partial charge in [-0.3, -0.25) is 0 Å². The molecule has 1 aliphatic rings. The zero-order valence-corrected chi connectivity index (χ0v) is 11.6. The monoisotopic (exact) mass is 269 g/mol. The van der Waals surface area contributed by atoms with Gasteiger partial charge in [0.25, 0.3) is 0 Å². The van der Waals surface area contributed by atoms with Crippen molar-refractivity contribution in [2.24, 2.45) is 5.92 Å². The van der Waals surface area contributed by atoms with Crippen LogP contribution in [-0.2, 0) is 6.42 Å². The second kappa shape index (κ2) is 6.53. The molecule has 0 radical (unpaired) electrons. The molecule has 18 heavy (non-hydrogen) atoms. The molecule has 3 heteroatoms. The van der Waals surface area contributed by atoms with Gasteiger partial charge in [-0.05, 0) is 62.3 Å². The number of benzene rings is 1. The highest BCUT2D eigenvalue weighted by Gasteiger charge is 2.30. The summed E-state index contributed by atoms with van der Waals surface area (Å²) in [6, 6.07) is 5.67. The van der Waals surface area contributed by atoms with Gasteiger partial charge in [-0.25, -0.2) is 4.39 Å². The largest absolute Gasteiger partial charge is 0.314 e. The summed E-state index contributed by atoms with van der Waals surface area (Å²) >= 11 is 5.80. The van der Waals surface area contributed by atoms with Gasteiger partial charge >= 0.3 is 0 Å². The number of aryl methyl sites for hydroxylation is 1. The molecule has 1 N–H and O–H groups in total. The fourth-order valence-corrected chi connectivity index (χ4v) is 2.55.